The largest absolute Gasteiger partial charge is 0.299 e. The Morgan fingerprint density at radius 2 is 2.46 bits per heavy atom. The minimum Gasteiger partial charge on any atom is -0.299 e. The van der Waals surface area contributed by atoms with Crippen LogP contribution in [-0.4, -0.2) is 34.5 Å². The first-order valence-corrected chi connectivity index (χ1v) is 4.62. The number of rotatable bonds is 1. The third-order valence-corrected chi connectivity index (χ3v) is 2.31. The van der Waals surface area contributed by atoms with Gasteiger partial charge in [0, 0.05) is 13.1 Å². The Balaban J connectivity index is 2.28. The molecule has 5 heteroatoms. The molecule has 0 fully saturated rings. The average Bonchev–Trinajstić information content (AvgIpc) is 2.46. The van der Waals surface area contributed by atoms with Crippen molar-refractivity contribution in [3.8, 4) is 0 Å². The quantitative estimate of drug-likeness (QED) is 0.527. The first-order chi connectivity index (χ1) is 6.29. The highest BCUT2D eigenvalue weighted by molar-refractivity contribution is 7.78. The van der Waals surface area contributed by atoms with Crippen LogP contribution >= 0.6 is 12.8 Å². The average molecular weight is 196 g/mol. The molecule has 0 bridgehead atoms. The van der Waals surface area contributed by atoms with Crippen LogP contribution in [-0.2, 0) is 13.1 Å². The Hall–Kier alpha value is -0.810. The van der Waals surface area contributed by atoms with Gasteiger partial charge in [0.2, 0.25) is 0 Å². The lowest BCUT2D eigenvalue weighted by Crippen LogP contribution is -2.30. The molecule has 0 spiro atoms. The van der Waals surface area contributed by atoms with Crippen molar-refractivity contribution in [3.63, 3.8) is 0 Å². The molecule has 0 unspecified atom stereocenters. The molecule has 4 nitrogen and oxygen atoms in total. The normalized spacial score (nSPS) is 18.0. The topological polar surface area (TPSA) is 33.4 Å². The summed E-state index contributed by atoms with van der Waals surface area (Å²) in [5, 5.41) is 4.37. The van der Waals surface area contributed by atoms with Crippen LogP contribution in [0.15, 0.2) is 10.5 Å². The minimum atomic E-state index is 0.889. The van der Waals surface area contributed by atoms with Gasteiger partial charge >= 0.3 is 0 Å². The van der Waals surface area contributed by atoms with Crippen molar-refractivity contribution in [2.45, 2.75) is 13.1 Å². The standard InChI is InChI=1S/C8H12N4S/c1-11-2-3-12-8(6-11)4-7(10-12)5-9-13/h4-5,13H,2-3,6H2,1H3/b9-5+. The van der Waals surface area contributed by atoms with E-state index in [0.717, 1.165) is 25.3 Å². The second-order valence-corrected chi connectivity index (χ2v) is 3.50. The molecule has 70 valence electrons. The van der Waals surface area contributed by atoms with E-state index in [1.165, 1.54) is 5.69 Å². The first kappa shape index (κ1) is 8.77. The van der Waals surface area contributed by atoms with E-state index in [9.17, 15) is 0 Å². The number of nitrogens with zero attached hydrogens (tertiary/aromatic N) is 4. The fourth-order valence-corrected chi connectivity index (χ4v) is 1.66. The van der Waals surface area contributed by atoms with E-state index >= 15 is 0 Å². The van der Waals surface area contributed by atoms with Gasteiger partial charge in [0.05, 0.1) is 18.5 Å². The van der Waals surface area contributed by atoms with Crippen LogP contribution in [0.3, 0.4) is 0 Å². The zero-order valence-corrected chi connectivity index (χ0v) is 8.41. The Morgan fingerprint density at radius 1 is 1.62 bits per heavy atom. The van der Waals surface area contributed by atoms with E-state index in [2.05, 4.69) is 40.3 Å². The van der Waals surface area contributed by atoms with Gasteiger partial charge in [-0.3, -0.25) is 9.58 Å². The molecule has 1 aromatic rings. The van der Waals surface area contributed by atoms with Gasteiger partial charge in [0.1, 0.15) is 5.69 Å². The van der Waals surface area contributed by atoms with Crippen LogP contribution in [0.25, 0.3) is 0 Å². The molecule has 0 saturated heterocycles. The summed E-state index contributed by atoms with van der Waals surface area (Å²) < 4.78 is 5.68. The van der Waals surface area contributed by atoms with E-state index < -0.39 is 0 Å². The van der Waals surface area contributed by atoms with Crippen molar-refractivity contribution in [2.24, 2.45) is 4.40 Å². The SMILES string of the molecule is CN1CCn2nc(/C=N/S)cc2C1. The Labute approximate surface area is 82.8 Å². The maximum atomic E-state index is 4.37. The van der Waals surface area contributed by atoms with Crippen LogP contribution in [0, 0.1) is 0 Å². The van der Waals surface area contributed by atoms with Crippen molar-refractivity contribution in [1.29, 1.82) is 0 Å². The summed E-state index contributed by atoms with van der Waals surface area (Å²) in [7, 11) is 2.11. The van der Waals surface area contributed by atoms with Crippen LogP contribution < -0.4 is 0 Å². The molecule has 1 aromatic heterocycles. The van der Waals surface area contributed by atoms with Crippen molar-refractivity contribution < 1.29 is 0 Å². The van der Waals surface area contributed by atoms with Gasteiger partial charge in [-0.05, 0) is 25.9 Å². The Kier molecular flexibility index (Phi) is 2.37. The van der Waals surface area contributed by atoms with Gasteiger partial charge in [0.15, 0.2) is 0 Å². The molecule has 2 rings (SSSR count). The highest BCUT2D eigenvalue weighted by Crippen LogP contribution is 2.10. The summed E-state index contributed by atoms with van der Waals surface area (Å²) in [4.78, 5) is 2.28. The van der Waals surface area contributed by atoms with Crippen LogP contribution in [0.4, 0.5) is 0 Å². The molecule has 0 saturated carbocycles. The Bertz CT molecular complexity index is 331. The smallest absolute Gasteiger partial charge is 0.104 e. The van der Waals surface area contributed by atoms with Crippen LogP contribution in [0.5, 0.6) is 0 Å². The molecule has 0 atom stereocenters. The second kappa shape index (κ2) is 3.51. The number of fused-ring (bicyclic) bond motifs is 1. The number of thiol groups is 1. The number of hydrogen-bond donors (Lipinski definition) is 1. The number of hydrogen-bond acceptors (Lipinski definition) is 4. The molecule has 2 heterocycles. The molecule has 13 heavy (non-hydrogen) atoms. The van der Waals surface area contributed by atoms with Gasteiger partial charge in [-0.1, -0.05) is 0 Å². The van der Waals surface area contributed by atoms with E-state index in [4.69, 9.17) is 0 Å². The summed E-state index contributed by atoms with van der Waals surface area (Å²) in [6.45, 7) is 2.99. The molecule has 0 aromatic carbocycles. The van der Waals surface area contributed by atoms with Crippen molar-refractivity contribution >= 4 is 19.0 Å². The molecule has 1 aliphatic rings. The first-order valence-electron chi connectivity index (χ1n) is 4.22. The maximum absolute atomic E-state index is 4.37. The molecule has 1 aliphatic heterocycles. The molecular weight excluding hydrogens is 184 g/mol. The highest BCUT2D eigenvalue weighted by Gasteiger charge is 2.14. The summed E-state index contributed by atoms with van der Waals surface area (Å²) in [6, 6.07) is 2.05. The van der Waals surface area contributed by atoms with Gasteiger partial charge in [0.25, 0.3) is 0 Å². The van der Waals surface area contributed by atoms with Gasteiger partial charge < -0.3 is 0 Å². The van der Waals surface area contributed by atoms with E-state index in [0.29, 0.717) is 0 Å². The molecule has 0 amide bonds. The van der Waals surface area contributed by atoms with E-state index in [1.807, 2.05) is 4.68 Å². The Morgan fingerprint density at radius 3 is 3.23 bits per heavy atom. The van der Waals surface area contributed by atoms with Gasteiger partial charge in [-0.25, -0.2) is 4.40 Å². The minimum absolute atomic E-state index is 0.889. The lowest BCUT2D eigenvalue weighted by molar-refractivity contribution is 0.259. The molecular formula is C8H12N4S. The summed E-state index contributed by atoms with van der Waals surface area (Å²) >= 11 is 3.78. The zero-order chi connectivity index (χ0) is 9.26. The van der Waals surface area contributed by atoms with Crippen LogP contribution in [0.2, 0.25) is 0 Å². The predicted octanol–water partition coefficient (Wildman–Crippen LogP) is 0.592. The fraction of sp³-hybridized carbons (Fsp3) is 0.500. The molecule has 0 radical (unpaired) electrons. The van der Waals surface area contributed by atoms with E-state index in [-0.39, 0.29) is 0 Å². The summed E-state index contributed by atoms with van der Waals surface area (Å²) in [6.07, 6.45) is 1.66. The lowest BCUT2D eigenvalue weighted by atomic mass is 10.3. The van der Waals surface area contributed by atoms with Crippen molar-refractivity contribution in [1.82, 2.24) is 14.7 Å². The van der Waals surface area contributed by atoms with Crippen molar-refractivity contribution in [2.75, 3.05) is 13.6 Å². The van der Waals surface area contributed by atoms with Crippen molar-refractivity contribution in [3.05, 3.63) is 17.5 Å². The summed E-state index contributed by atoms with van der Waals surface area (Å²) in [5.74, 6) is 0. The molecule has 0 aliphatic carbocycles. The predicted molar refractivity (Wildman–Crippen MR) is 55.1 cm³/mol. The van der Waals surface area contributed by atoms with Gasteiger partial charge in [-0.15, -0.1) is 0 Å². The van der Waals surface area contributed by atoms with Gasteiger partial charge in [-0.2, -0.15) is 5.10 Å². The third kappa shape index (κ3) is 1.76. The maximum Gasteiger partial charge on any atom is 0.104 e. The molecule has 0 N–H and O–H groups in total. The number of aromatic nitrogens is 2. The summed E-state index contributed by atoms with van der Waals surface area (Å²) in [5.41, 5.74) is 2.14. The number of likely N-dealkylation sites (N-methyl/N-ethyl adjacent to an activating group) is 1. The van der Waals surface area contributed by atoms with Crippen LogP contribution in [0.1, 0.15) is 11.4 Å². The second-order valence-electron chi connectivity index (χ2n) is 3.27. The lowest BCUT2D eigenvalue weighted by Gasteiger charge is -2.22. The fourth-order valence-electron chi connectivity index (χ4n) is 1.54. The zero-order valence-electron chi connectivity index (χ0n) is 7.51. The monoisotopic (exact) mass is 196 g/mol. The third-order valence-electron chi connectivity index (χ3n) is 2.20. The highest BCUT2D eigenvalue weighted by atomic mass is 32.1. The van der Waals surface area contributed by atoms with E-state index in [1.54, 1.807) is 6.21 Å².